The molecule has 0 unspecified atom stereocenters. The molecule has 0 atom stereocenters. The first-order chi connectivity index (χ1) is 10.2. The Morgan fingerprint density at radius 1 is 1.05 bits per heavy atom. The molecule has 1 aromatic rings. The Balaban J connectivity index is 2.57. The van der Waals surface area contributed by atoms with Crippen LogP contribution < -0.4 is 0 Å². The summed E-state index contributed by atoms with van der Waals surface area (Å²) in [7, 11) is -2.55. The van der Waals surface area contributed by atoms with Gasteiger partial charge in [-0.3, -0.25) is 0 Å². The minimum absolute atomic E-state index is 0.605. The predicted molar refractivity (Wildman–Crippen MR) is 84.3 cm³/mol. The lowest BCUT2D eigenvalue weighted by Gasteiger charge is -2.28. The SMILES string of the molecule is CCO[Si](CCCn1nnnc1SCC)(OCC)OCC. The van der Waals surface area contributed by atoms with Crippen molar-refractivity contribution in [2.45, 2.75) is 51.9 Å². The van der Waals surface area contributed by atoms with Gasteiger partial charge in [-0.05, 0) is 43.4 Å². The van der Waals surface area contributed by atoms with Crippen molar-refractivity contribution in [1.29, 1.82) is 0 Å². The van der Waals surface area contributed by atoms with Gasteiger partial charge < -0.3 is 13.3 Å². The lowest BCUT2D eigenvalue weighted by molar-refractivity contribution is 0.0704. The zero-order valence-corrected chi connectivity index (χ0v) is 15.2. The van der Waals surface area contributed by atoms with Crippen LogP contribution in [0.1, 0.15) is 34.1 Å². The van der Waals surface area contributed by atoms with Gasteiger partial charge >= 0.3 is 8.80 Å². The quantitative estimate of drug-likeness (QED) is 0.429. The summed E-state index contributed by atoms with van der Waals surface area (Å²) in [5.74, 6) is 0.954. The molecular formula is C12H26N4O3SSi. The second-order valence-corrected chi connectivity index (χ2v) is 8.17. The molecule has 9 heteroatoms. The van der Waals surface area contributed by atoms with Crippen LogP contribution in [0.25, 0.3) is 0 Å². The van der Waals surface area contributed by atoms with Gasteiger partial charge in [0.1, 0.15) is 0 Å². The van der Waals surface area contributed by atoms with E-state index in [9.17, 15) is 0 Å². The molecule has 7 nitrogen and oxygen atoms in total. The summed E-state index contributed by atoms with van der Waals surface area (Å²) in [6.45, 7) is 10.6. The number of hydrogen-bond acceptors (Lipinski definition) is 7. The summed E-state index contributed by atoms with van der Waals surface area (Å²) < 4.78 is 19.3. The number of rotatable bonds is 12. The van der Waals surface area contributed by atoms with Crippen LogP contribution >= 0.6 is 11.8 Å². The van der Waals surface area contributed by atoms with E-state index >= 15 is 0 Å². The summed E-state index contributed by atoms with van der Waals surface area (Å²) in [6, 6.07) is 0.776. The third-order valence-corrected chi connectivity index (χ3v) is 6.71. The Kier molecular flexibility index (Phi) is 9.09. The highest BCUT2D eigenvalue weighted by atomic mass is 32.2. The molecule has 0 N–H and O–H groups in total. The third-order valence-electron chi connectivity index (χ3n) is 2.72. The van der Waals surface area contributed by atoms with Gasteiger partial charge in [0.2, 0.25) is 5.16 Å². The number of aromatic nitrogens is 4. The maximum Gasteiger partial charge on any atom is 0.500 e. The van der Waals surface area contributed by atoms with Gasteiger partial charge in [-0.15, -0.1) is 5.10 Å². The van der Waals surface area contributed by atoms with Crippen LogP contribution in [0.4, 0.5) is 0 Å². The fourth-order valence-corrected chi connectivity index (χ4v) is 5.24. The van der Waals surface area contributed by atoms with Crippen LogP contribution in [0, 0.1) is 0 Å². The van der Waals surface area contributed by atoms with Crippen molar-refractivity contribution in [3.05, 3.63) is 0 Å². The van der Waals surface area contributed by atoms with Crippen molar-refractivity contribution in [1.82, 2.24) is 20.2 Å². The zero-order valence-electron chi connectivity index (χ0n) is 13.4. The summed E-state index contributed by atoms with van der Waals surface area (Å²) in [5, 5.41) is 12.6. The maximum absolute atomic E-state index is 5.84. The predicted octanol–water partition coefficient (Wildman–Crippen LogP) is 2.22. The van der Waals surface area contributed by atoms with Gasteiger partial charge in [0.05, 0.1) is 0 Å². The van der Waals surface area contributed by atoms with Gasteiger partial charge in [0, 0.05) is 32.4 Å². The largest absolute Gasteiger partial charge is 0.500 e. The fraction of sp³-hybridized carbons (Fsp3) is 0.917. The zero-order chi connectivity index (χ0) is 15.6. The molecule has 0 aliphatic rings. The average Bonchev–Trinajstić information content (AvgIpc) is 2.88. The van der Waals surface area contributed by atoms with Crippen molar-refractivity contribution in [2.24, 2.45) is 0 Å². The molecule has 0 aliphatic heterocycles. The van der Waals surface area contributed by atoms with Crippen LogP contribution in [0.15, 0.2) is 5.16 Å². The van der Waals surface area contributed by atoms with Gasteiger partial charge in [-0.1, -0.05) is 18.7 Å². The molecule has 0 amide bonds. The third kappa shape index (κ3) is 6.03. The number of nitrogens with zero attached hydrogens (tertiary/aromatic N) is 4. The summed E-state index contributed by atoms with van der Waals surface area (Å²) in [6.07, 6.45) is 0.870. The lowest BCUT2D eigenvalue weighted by atomic mass is 10.5. The molecule has 0 saturated heterocycles. The molecule has 0 spiro atoms. The lowest BCUT2D eigenvalue weighted by Crippen LogP contribution is -2.46. The molecule has 0 bridgehead atoms. The summed E-state index contributed by atoms with van der Waals surface area (Å²) >= 11 is 1.64. The Bertz CT molecular complexity index is 377. The van der Waals surface area contributed by atoms with Gasteiger partial charge in [-0.2, -0.15) is 0 Å². The van der Waals surface area contributed by atoms with Crippen molar-refractivity contribution < 1.29 is 13.3 Å². The topological polar surface area (TPSA) is 71.3 Å². The van der Waals surface area contributed by atoms with Crippen LogP contribution in [0.3, 0.4) is 0 Å². The van der Waals surface area contributed by atoms with Gasteiger partial charge in [0.15, 0.2) is 0 Å². The van der Waals surface area contributed by atoms with E-state index in [2.05, 4.69) is 22.4 Å². The van der Waals surface area contributed by atoms with Crippen LogP contribution in [0.2, 0.25) is 6.04 Å². The summed E-state index contributed by atoms with van der Waals surface area (Å²) in [4.78, 5) is 0. The molecule has 1 heterocycles. The Hall–Kier alpha value is -0.483. The molecular weight excluding hydrogens is 308 g/mol. The molecule has 1 aromatic heterocycles. The number of aryl methyl sites for hydroxylation is 1. The standard InChI is InChI=1S/C12H26N4O3SSi/c1-5-17-21(18-6-2,19-7-3)11-9-10-16-12(20-8-4)13-14-15-16/h5-11H2,1-4H3. The second-order valence-electron chi connectivity index (χ2n) is 4.20. The minimum Gasteiger partial charge on any atom is -0.374 e. The maximum atomic E-state index is 5.84. The second kappa shape index (κ2) is 10.3. The van der Waals surface area contributed by atoms with Crippen LogP contribution in [0.5, 0.6) is 0 Å². The molecule has 0 fully saturated rings. The van der Waals surface area contributed by atoms with E-state index in [0.717, 1.165) is 29.9 Å². The smallest absolute Gasteiger partial charge is 0.374 e. The van der Waals surface area contributed by atoms with Crippen molar-refractivity contribution in [3.63, 3.8) is 0 Å². The molecule has 0 aromatic carbocycles. The van der Waals surface area contributed by atoms with E-state index in [1.54, 1.807) is 11.8 Å². The van der Waals surface area contributed by atoms with Crippen molar-refractivity contribution in [2.75, 3.05) is 25.6 Å². The first-order valence-electron chi connectivity index (χ1n) is 7.52. The molecule has 0 aliphatic carbocycles. The normalized spacial score (nSPS) is 12.0. The summed E-state index contributed by atoms with van der Waals surface area (Å²) in [5.41, 5.74) is 0. The first-order valence-corrected chi connectivity index (χ1v) is 10.4. The fourth-order valence-electron chi connectivity index (χ4n) is 2.02. The van der Waals surface area contributed by atoms with Gasteiger partial charge in [-0.25, -0.2) is 4.68 Å². The number of tetrazole rings is 1. The first kappa shape index (κ1) is 18.6. The highest BCUT2D eigenvalue weighted by molar-refractivity contribution is 7.99. The van der Waals surface area contributed by atoms with E-state index in [1.807, 2.05) is 25.5 Å². The van der Waals surface area contributed by atoms with E-state index in [4.69, 9.17) is 13.3 Å². The average molecular weight is 335 g/mol. The highest BCUT2D eigenvalue weighted by Gasteiger charge is 2.39. The molecule has 0 saturated carbocycles. The molecule has 1 rings (SSSR count). The highest BCUT2D eigenvalue weighted by Crippen LogP contribution is 2.20. The van der Waals surface area contributed by atoms with E-state index in [1.165, 1.54) is 0 Å². The van der Waals surface area contributed by atoms with Crippen LogP contribution in [-0.4, -0.2) is 54.6 Å². The number of thioether (sulfide) groups is 1. The van der Waals surface area contributed by atoms with Gasteiger partial charge in [0.25, 0.3) is 0 Å². The van der Waals surface area contributed by atoms with Crippen molar-refractivity contribution in [3.8, 4) is 0 Å². The molecule has 122 valence electrons. The monoisotopic (exact) mass is 334 g/mol. The minimum atomic E-state index is -2.55. The van der Waals surface area contributed by atoms with E-state index in [0.29, 0.717) is 19.8 Å². The molecule has 21 heavy (non-hydrogen) atoms. The molecule has 0 radical (unpaired) electrons. The van der Waals surface area contributed by atoms with E-state index < -0.39 is 8.80 Å². The Morgan fingerprint density at radius 3 is 2.19 bits per heavy atom. The number of hydrogen-bond donors (Lipinski definition) is 0. The Morgan fingerprint density at radius 2 is 1.67 bits per heavy atom. The van der Waals surface area contributed by atoms with Crippen molar-refractivity contribution >= 4 is 20.6 Å². The Labute approximate surface area is 132 Å². The van der Waals surface area contributed by atoms with Crippen LogP contribution in [-0.2, 0) is 19.8 Å². The van der Waals surface area contributed by atoms with E-state index in [-0.39, 0.29) is 0 Å².